The van der Waals surface area contributed by atoms with Crippen molar-refractivity contribution in [3.63, 3.8) is 0 Å². The van der Waals surface area contributed by atoms with Gasteiger partial charge in [-0.3, -0.25) is 0 Å². The van der Waals surface area contributed by atoms with Gasteiger partial charge in [-0.1, -0.05) is 56.4 Å². The molecule has 0 amide bonds. The van der Waals surface area contributed by atoms with Crippen LogP contribution in [0.1, 0.15) is 68.9 Å². The zero-order valence-corrected chi connectivity index (χ0v) is 12.0. The van der Waals surface area contributed by atoms with Gasteiger partial charge in [-0.15, -0.1) is 0 Å². The highest BCUT2D eigenvalue weighted by molar-refractivity contribution is 5.42. The van der Waals surface area contributed by atoms with E-state index in [4.69, 9.17) is 0 Å². The van der Waals surface area contributed by atoms with E-state index >= 15 is 0 Å². The highest BCUT2D eigenvalue weighted by Crippen LogP contribution is 2.62. The van der Waals surface area contributed by atoms with E-state index in [9.17, 15) is 0 Å². The van der Waals surface area contributed by atoms with Gasteiger partial charge in [0.15, 0.2) is 0 Å². The van der Waals surface area contributed by atoms with Gasteiger partial charge in [-0.05, 0) is 60.5 Å². The first-order valence-electron chi connectivity index (χ1n) is 8.47. The molecule has 2 unspecified atom stereocenters. The van der Waals surface area contributed by atoms with Gasteiger partial charge in [0, 0.05) is 0 Å². The topological polar surface area (TPSA) is 0 Å². The lowest BCUT2D eigenvalue weighted by molar-refractivity contribution is 0.311. The summed E-state index contributed by atoms with van der Waals surface area (Å²) in [5.41, 5.74) is 4.04. The second-order valence-corrected chi connectivity index (χ2v) is 7.31. The van der Waals surface area contributed by atoms with Crippen LogP contribution < -0.4 is 0 Å². The fraction of sp³-hybridized carbons (Fsp3) is 0.684. The van der Waals surface area contributed by atoms with Gasteiger partial charge >= 0.3 is 0 Å². The van der Waals surface area contributed by atoms with Crippen LogP contribution in [0.25, 0.3) is 0 Å². The smallest absolute Gasteiger partial charge is 0.00125 e. The van der Waals surface area contributed by atoms with E-state index in [1.54, 1.807) is 11.1 Å². The van der Waals surface area contributed by atoms with Crippen LogP contribution in [-0.2, 0) is 11.8 Å². The number of hydrogen-bond acceptors (Lipinski definition) is 0. The fourth-order valence-corrected chi connectivity index (χ4v) is 5.10. The largest absolute Gasteiger partial charge is 0.0620 e. The van der Waals surface area contributed by atoms with Crippen molar-refractivity contribution < 1.29 is 0 Å². The first-order valence-corrected chi connectivity index (χ1v) is 8.47. The van der Waals surface area contributed by atoms with Crippen LogP contribution >= 0.6 is 0 Å². The molecule has 0 aromatic heterocycles. The number of aryl methyl sites for hydroxylation is 1. The summed E-state index contributed by atoms with van der Waals surface area (Å²) < 4.78 is 0. The summed E-state index contributed by atoms with van der Waals surface area (Å²) in [6.07, 6.45) is 14.8. The van der Waals surface area contributed by atoms with E-state index in [-0.39, 0.29) is 0 Å². The number of rotatable bonds is 2. The van der Waals surface area contributed by atoms with Crippen LogP contribution in [0.2, 0.25) is 0 Å². The fourth-order valence-electron chi connectivity index (χ4n) is 5.10. The highest BCUT2D eigenvalue weighted by Gasteiger charge is 2.56. The summed E-state index contributed by atoms with van der Waals surface area (Å²) in [4.78, 5) is 0. The number of fused-ring (bicyclic) bond motifs is 2. The zero-order chi connectivity index (χ0) is 12.7. The summed E-state index contributed by atoms with van der Waals surface area (Å²) in [6.45, 7) is 0. The summed E-state index contributed by atoms with van der Waals surface area (Å²) >= 11 is 0. The van der Waals surface area contributed by atoms with E-state index < -0.39 is 0 Å². The normalized spacial score (nSPS) is 34.2. The van der Waals surface area contributed by atoms with Crippen molar-refractivity contribution in [3.8, 4) is 0 Å². The number of benzene rings is 1. The van der Waals surface area contributed by atoms with Crippen molar-refractivity contribution in [3.05, 3.63) is 35.4 Å². The average molecular weight is 254 g/mol. The molecule has 0 saturated heterocycles. The van der Waals surface area contributed by atoms with Crippen LogP contribution in [0.15, 0.2) is 24.3 Å². The van der Waals surface area contributed by atoms with Gasteiger partial charge in [0.05, 0.1) is 0 Å². The van der Waals surface area contributed by atoms with Crippen LogP contribution in [0.5, 0.6) is 0 Å². The standard InChI is InChI=1S/C19H26/c1-2-7-15(8-3-1)13-17-14-19(17)12-6-10-16-9-4-5-11-18(16)19/h4-5,9,11,15,17H,1-3,6-8,10,12-14H2. The molecule has 102 valence electrons. The first kappa shape index (κ1) is 12.0. The second-order valence-electron chi connectivity index (χ2n) is 7.31. The Bertz CT molecular complexity index is 455. The van der Waals surface area contributed by atoms with Crippen molar-refractivity contribution in [1.29, 1.82) is 0 Å². The molecule has 0 nitrogen and oxygen atoms in total. The van der Waals surface area contributed by atoms with E-state index in [1.165, 1.54) is 64.2 Å². The van der Waals surface area contributed by atoms with Gasteiger partial charge in [-0.25, -0.2) is 0 Å². The molecule has 0 bridgehead atoms. The second kappa shape index (κ2) is 4.65. The third-order valence-corrected chi connectivity index (χ3v) is 6.20. The molecule has 0 heterocycles. The minimum Gasteiger partial charge on any atom is -0.0620 e. The third-order valence-electron chi connectivity index (χ3n) is 6.20. The average Bonchev–Trinajstić information content (AvgIpc) is 3.14. The predicted octanol–water partition coefficient (Wildman–Crippen LogP) is 5.25. The van der Waals surface area contributed by atoms with Crippen molar-refractivity contribution in [2.75, 3.05) is 0 Å². The molecular formula is C19H26. The predicted molar refractivity (Wildman–Crippen MR) is 80.4 cm³/mol. The zero-order valence-electron chi connectivity index (χ0n) is 12.0. The van der Waals surface area contributed by atoms with E-state index in [2.05, 4.69) is 24.3 Å². The third kappa shape index (κ3) is 2.04. The van der Waals surface area contributed by atoms with Gasteiger partial charge in [0.1, 0.15) is 0 Å². The quantitative estimate of drug-likeness (QED) is 0.676. The van der Waals surface area contributed by atoms with E-state index in [1.807, 2.05) is 0 Å². The van der Waals surface area contributed by atoms with Gasteiger partial charge < -0.3 is 0 Å². The van der Waals surface area contributed by atoms with Crippen LogP contribution in [0, 0.1) is 11.8 Å². The molecule has 3 aliphatic rings. The van der Waals surface area contributed by atoms with Gasteiger partial charge in [0.2, 0.25) is 0 Å². The first-order chi connectivity index (χ1) is 9.38. The molecule has 0 heteroatoms. The van der Waals surface area contributed by atoms with E-state index in [0.717, 1.165) is 11.8 Å². The van der Waals surface area contributed by atoms with Crippen LogP contribution in [0.3, 0.4) is 0 Å². The van der Waals surface area contributed by atoms with Gasteiger partial charge in [0.25, 0.3) is 0 Å². The lowest BCUT2D eigenvalue weighted by Gasteiger charge is -2.28. The lowest BCUT2D eigenvalue weighted by Crippen LogP contribution is -2.19. The summed E-state index contributed by atoms with van der Waals surface area (Å²) in [5.74, 6) is 2.09. The monoisotopic (exact) mass is 254 g/mol. The number of hydrogen-bond donors (Lipinski definition) is 0. The maximum Gasteiger partial charge on any atom is -0.00125 e. The maximum absolute atomic E-state index is 2.44. The van der Waals surface area contributed by atoms with Crippen molar-refractivity contribution in [2.24, 2.45) is 11.8 Å². The Kier molecular flexibility index (Phi) is 2.94. The minimum absolute atomic E-state index is 0.631. The molecule has 2 atom stereocenters. The summed E-state index contributed by atoms with van der Waals surface area (Å²) in [6, 6.07) is 9.32. The summed E-state index contributed by atoms with van der Waals surface area (Å²) in [5, 5.41) is 0. The van der Waals surface area contributed by atoms with Crippen molar-refractivity contribution in [1.82, 2.24) is 0 Å². The van der Waals surface area contributed by atoms with Crippen LogP contribution in [0.4, 0.5) is 0 Å². The molecule has 3 aliphatic carbocycles. The molecule has 0 aliphatic heterocycles. The Morgan fingerprint density at radius 3 is 2.74 bits per heavy atom. The SMILES string of the molecule is c1ccc2c(c1)CCCC21CC1CC1CCCCC1. The molecule has 19 heavy (non-hydrogen) atoms. The Morgan fingerprint density at radius 1 is 1.00 bits per heavy atom. The van der Waals surface area contributed by atoms with Crippen molar-refractivity contribution in [2.45, 2.75) is 69.6 Å². The summed E-state index contributed by atoms with van der Waals surface area (Å²) in [7, 11) is 0. The Morgan fingerprint density at radius 2 is 1.84 bits per heavy atom. The molecule has 2 fully saturated rings. The molecule has 0 N–H and O–H groups in total. The molecule has 1 aromatic carbocycles. The molecule has 4 rings (SSSR count). The Balaban J connectivity index is 1.51. The Hall–Kier alpha value is -0.780. The molecule has 0 radical (unpaired) electrons. The maximum atomic E-state index is 2.44. The molecular weight excluding hydrogens is 228 g/mol. The Labute approximate surface area is 117 Å². The van der Waals surface area contributed by atoms with Crippen molar-refractivity contribution >= 4 is 0 Å². The lowest BCUT2D eigenvalue weighted by atomic mass is 9.76. The molecule has 1 aromatic rings. The van der Waals surface area contributed by atoms with Crippen LogP contribution in [-0.4, -0.2) is 0 Å². The molecule has 1 spiro atoms. The van der Waals surface area contributed by atoms with Gasteiger partial charge in [-0.2, -0.15) is 0 Å². The van der Waals surface area contributed by atoms with E-state index in [0.29, 0.717) is 5.41 Å². The minimum atomic E-state index is 0.631. The molecule has 2 saturated carbocycles. The highest BCUT2D eigenvalue weighted by atomic mass is 14.6.